The first-order valence-corrected chi connectivity index (χ1v) is 7.61. The Morgan fingerprint density at radius 2 is 1.81 bits per heavy atom. The van der Waals surface area contributed by atoms with Crippen molar-refractivity contribution >= 4 is 16.7 Å². The van der Waals surface area contributed by atoms with Crippen LogP contribution in [-0.4, -0.2) is 19.1 Å². The average molecular weight is 285 g/mol. The lowest BCUT2D eigenvalue weighted by molar-refractivity contribution is -0.123. The fourth-order valence-corrected chi connectivity index (χ4v) is 2.29. The van der Waals surface area contributed by atoms with Crippen LogP contribution in [0.4, 0.5) is 0 Å². The standard InChI is InChI=1S/C18H23NO2/c1-3-14(4-2)12-19-18(20)13-21-17-10-9-15-7-5-6-8-16(15)11-17/h5-11,14H,3-4,12-13H2,1-2H3,(H,19,20). The van der Waals surface area contributed by atoms with E-state index in [4.69, 9.17) is 4.74 Å². The highest BCUT2D eigenvalue weighted by Gasteiger charge is 2.07. The topological polar surface area (TPSA) is 38.3 Å². The average Bonchev–Trinajstić information content (AvgIpc) is 2.53. The predicted molar refractivity (Wildman–Crippen MR) is 86.5 cm³/mol. The van der Waals surface area contributed by atoms with E-state index in [-0.39, 0.29) is 12.5 Å². The zero-order valence-electron chi connectivity index (χ0n) is 12.8. The Morgan fingerprint density at radius 3 is 2.52 bits per heavy atom. The molecular formula is C18H23NO2. The summed E-state index contributed by atoms with van der Waals surface area (Å²) in [4.78, 5) is 11.8. The van der Waals surface area contributed by atoms with E-state index in [9.17, 15) is 4.79 Å². The Hall–Kier alpha value is -2.03. The van der Waals surface area contributed by atoms with Gasteiger partial charge in [0.2, 0.25) is 0 Å². The molecule has 3 nitrogen and oxygen atoms in total. The molecule has 0 aromatic heterocycles. The fraction of sp³-hybridized carbons (Fsp3) is 0.389. The lowest BCUT2D eigenvalue weighted by Crippen LogP contribution is -2.32. The van der Waals surface area contributed by atoms with Crippen molar-refractivity contribution in [3.63, 3.8) is 0 Å². The zero-order valence-corrected chi connectivity index (χ0v) is 12.8. The Balaban J connectivity index is 1.85. The summed E-state index contributed by atoms with van der Waals surface area (Å²) in [6.07, 6.45) is 2.17. The maximum atomic E-state index is 11.8. The monoisotopic (exact) mass is 285 g/mol. The number of benzene rings is 2. The van der Waals surface area contributed by atoms with Crippen molar-refractivity contribution in [1.29, 1.82) is 0 Å². The minimum atomic E-state index is -0.0601. The van der Waals surface area contributed by atoms with Crippen LogP contribution in [0, 0.1) is 5.92 Å². The molecule has 21 heavy (non-hydrogen) atoms. The fourth-order valence-electron chi connectivity index (χ4n) is 2.29. The molecule has 2 aromatic carbocycles. The molecule has 0 heterocycles. The summed E-state index contributed by atoms with van der Waals surface area (Å²) in [5, 5.41) is 5.22. The first-order valence-electron chi connectivity index (χ1n) is 7.61. The Labute approximate surface area is 126 Å². The maximum absolute atomic E-state index is 11.8. The molecule has 0 saturated carbocycles. The van der Waals surface area contributed by atoms with Gasteiger partial charge in [-0.05, 0) is 28.8 Å². The van der Waals surface area contributed by atoms with Gasteiger partial charge in [0.05, 0.1) is 0 Å². The number of nitrogens with one attached hydrogen (secondary N) is 1. The lowest BCUT2D eigenvalue weighted by atomic mass is 10.0. The van der Waals surface area contributed by atoms with Gasteiger partial charge in [0.1, 0.15) is 5.75 Å². The normalized spacial score (nSPS) is 10.8. The molecule has 0 bridgehead atoms. The van der Waals surface area contributed by atoms with Crippen molar-refractivity contribution in [2.75, 3.05) is 13.2 Å². The molecule has 1 N–H and O–H groups in total. The quantitative estimate of drug-likeness (QED) is 0.841. The molecule has 1 amide bonds. The molecule has 0 spiro atoms. The number of carbonyl (C=O) groups excluding carboxylic acids is 1. The lowest BCUT2D eigenvalue weighted by Gasteiger charge is -2.13. The summed E-state index contributed by atoms with van der Waals surface area (Å²) >= 11 is 0. The van der Waals surface area contributed by atoms with Crippen molar-refractivity contribution in [3.8, 4) is 5.75 Å². The second-order valence-electron chi connectivity index (χ2n) is 5.28. The summed E-state index contributed by atoms with van der Waals surface area (Å²) in [5.41, 5.74) is 0. The van der Waals surface area contributed by atoms with Crippen molar-refractivity contribution in [3.05, 3.63) is 42.5 Å². The van der Waals surface area contributed by atoms with Gasteiger partial charge in [0.15, 0.2) is 6.61 Å². The molecule has 0 radical (unpaired) electrons. The Bertz CT molecular complexity index is 591. The van der Waals surface area contributed by atoms with Crippen LogP contribution in [-0.2, 0) is 4.79 Å². The molecule has 0 aliphatic rings. The van der Waals surface area contributed by atoms with Gasteiger partial charge in [0, 0.05) is 6.54 Å². The number of amides is 1. The van der Waals surface area contributed by atoms with Gasteiger partial charge in [-0.1, -0.05) is 57.0 Å². The van der Waals surface area contributed by atoms with E-state index in [1.54, 1.807) is 0 Å². The summed E-state index contributed by atoms with van der Waals surface area (Å²) in [6, 6.07) is 14.0. The van der Waals surface area contributed by atoms with Crippen molar-refractivity contribution < 1.29 is 9.53 Å². The van der Waals surface area contributed by atoms with Gasteiger partial charge in [-0.3, -0.25) is 4.79 Å². The Morgan fingerprint density at radius 1 is 1.10 bits per heavy atom. The third kappa shape index (κ3) is 4.48. The molecule has 0 unspecified atom stereocenters. The molecule has 0 fully saturated rings. The van der Waals surface area contributed by atoms with Crippen LogP contribution in [0.25, 0.3) is 10.8 Å². The second kappa shape index (κ2) is 7.67. The number of hydrogen-bond donors (Lipinski definition) is 1. The minimum Gasteiger partial charge on any atom is -0.484 e. The first kappa shape index (κ1) is 15.4. The molecule has 0 saturated heterocycles. The van der Waals surface area contributed by atoms with E-state index < -0.39 is 0 Å². The molecule has 3 heteroatoms. The highest BCUT2D eigenvalue weighted by Crippen LogP contribution is 2.20. The van der Waals surface area contributed by atoms with Crippen LogP contribution in [0.1, 0.15) is 26.7 Å². The van der Waals surface area contributed by atoms with E-state index in [1.807, 2.05) is 36.4 Å². The van der Waals surface area contributed by atoms with Gasteiger partial charge in [-0.25, -0.2) is 0 Å². The predicted octanol–water partition coefficient (Wildman–Crippen LogP) is 3.77. The van der Waals surface area contributed by atoms with E-state index >= 15 is 0 Å². The number of rotatable bonds is 7. The first-order chi connectivity index (χ1) is 10.2. The summed E-state index contributed by atoms with van der Waals surface area (Å²) in [6.45, 7) is 5.09. The SMILES string of the molecule is CCC(CC)CNC(=O)COc1ccc2ccccc2c1. The molecular weight excluding hydrogens is 262 g/mol. The van der Waals surface area contributed by atoms with Crippen molar-refractivity contribution in [2.24, 2.45) is 5.92 Å². The van der Waals surface area contributed by atoms with Crippen molar-refractivity contribution in [2.45, 2.75) is 26.7 Å². The van der Waals surface area contributed by atoms with Crippen LogP contribution >= 0.6 is 0 Å². The highest BCUT2D eigenvalue weighted by molar-refractivity contribution is 5.84. The highest BCUT2D eigenvalue weighted by atomic mass is 16.5. The van der Waals surface area contributed by atoms with Crippen LogP contribution in [0.3, 0.4) is 0 Å². The largest absolute Gasteiger partial charge is 0.484 e. The van der Waals surface area contributed by atoms with E-state index in [1.165, 1.54) is 5.39 Å². The minimum absolute atomic E-state index is 0.0601. The number of fused-ring (bicyclic) bond motifs is 1. The number of hydrogen-bond acceptors (Lipinski definition) is 2. The van der Waals surface area contributed by atoms with E-state index in [2.05, 4.69) is 25.2 Å². The zero-order chi connectivity index (χ0) is 15.1. The van der Waals surface area contributed by atoms with Crippen molar-refractivity contribution in [1.82, 2.24) is 5.32 Å². The molecule has 0 aliphatic heterocycles. The van der Waals surface area contributed by atoms with Gasteiger partial charge in [0.25, 0.3) is 5.91 Å². The molecule has 2 rings (SSSR count). The summed E-state index contributed by atoms with van der Waals surface area (Å²) in [5.74, 6) is 1.22. The summed E-state index contributed by atoms with van der Waals surface area (Å²) in [7, 11) is 0. The van der Waals surface area contributed by atoms with E-state index in [0.29, 0.717) is 5.92 Å². The van der Waals surface area contributed by atoms with Gasteiger partial charge >= 0.3 is 0 Å². The van der Waals surface area contributed by atoms with Crippen LogP contribution < -0.4 is 10.1 Å². The molecule has 112 valence electrons. The molecule has 2 aromatic rings. The van der Waals surface area contributed by atoms with Gasteiger partial charge in [-0.15, -0.1) is 0 Å². The smallest absolute Gasteiger partial charge is 0.257 e. The number of ether oxygens (including phenoxy) is 1. The second-order valence-corrected chi connectivity index (χ2v) is 5.28. The third-order valence-electron chi connectivity index (χ3n) is 3.83. The van der Waals surface area contributed by atoms with Crippen LogP contribution in [0.15, 0.2) is 42.5 Å². The van der Waals surface area contributed by atoms with Gasteiger partial charge < -0.3 is 10.1 Å². The Kier molecular flexibility index (Phi) is 5.61. The van der Waals surface area contributed by atoms with E-state index in [0.717, 1.165) is 30.5 Å². The van der Waals surface area contributed by atoms with Crippen LogP contribution in [0.5, 0.6) is 5.75 Å². The summed E-state index contributed by atoms with van der Waals surface area (Å²) < 4.78 is 5.56. The molecule has 0 atom stereocenters. The molecule has 0 aliphatic carbocycles. The number of carbonyl (C=O) groups is 1. The van der Waals surface area contributed by atoms with Crippen LogP contribution in [0.2, 0.25) is 0 Å². The van der Waals surface area contributed by atoms with Gasteiger partial charge in [-0.2, -0.15) is 0 Å². The third-order valence-corrected chi connectivity index (χ3v) is 3.83. The maximum Gasteiger partial charge on any atom is 0.257 e.